The Labute approximate surface area is 150 Å². The van der Waals surface area contributed by atoms with Gasteiger partial charge in [0, 0.05) is 31.3 Å². The van der Waals surface area contributed by atoms with Crippen LogP contribution < -0.4 is 5.32 Å². The standard InChI is InChI=1S/C19H19N3O4/c1-2-18(23)21-10-9-13-7-8-15(11-14(13)12-21)20-19(24)16-5-3-4-6-17(16)22(25)26/h3-8,11H,2,9-10,12H2,1H3,(H,20,24). The molecule has 0 aliphatic carbocycles. The van der Waals surface area contributed by atoms with Gasteiger partial charge in [0.15, 0.2) is 0 Å². The highest BCUT2D eigenvalue weighted by Crippen LogP contribution is 2.24. The zero-order chi connectivity index (χ0) is 18.7. The Bertz CT molecular complexity index is 879. The van der Waals surface area contributed by atoms with Crippen LogP contribution in [0.2, 0.25) is 0 Å². The molecule has 1 heterocycles. The van der Waals surface area contributed by atoms with Crippen molar-refractivity contribution in [1.29, 1.82) is 0 Å². The number of nitro groups is 1. The van der Waals surface area contributed by atoms with E-state index in [1.807, 2.05) is 19.1 Å². The van der Waals surface area contributed by atoms with E-state index in [9.17, 15) is 19.7 Å². The molecule has 2 aromatic carbocycles. The van der Waals surface area contributed by atoms with Gasteiger partial charge in [0.05, 0.1) is 4.92 Å². The highest BCUT2D eigenvalue weighted by atomic mass is 16.6. The molecule has 7 nitrogen and oxygen atoms in total. The van der Waals surface area contributed by atoms with E-state index in [1.54, 1.807) is 17.0 Å². The number of amides is 2. The number of benzene rings is 2. The lowest BCUT2D eigenvalue weighted by Gasteiger charge is -2.29. The predicted octanol–water partition coefficient (Wildman–Crippen LogP) is 3.14. The molecule has 0 radical (unpaired) electrons. The fourth-order valence-electron chi connectivity index (χ4n) is 3.09. The Morgan fingerprint density at radius 2 is 1.96 bits per heavy atom. The second kappa shape index (κ2) is 7.35. The zero-order valence-corrected chi connectivity index (χ0v) is 14.4. The molecule has 0 saturated heterocycles. The molecule has 134 valence electrons. The van der Waals surface area contributed by atoms with Crippen molar-refractivity contribution in [2.75, 3.05) is 11.9 Å². The van der Waals surface area contributed by atoms with Crippen LogP contribution in [0.1, 0.15) is 34.8 Å². The maximum absolute atomic E-state index is 12.4. The largest absolute Gasteiger partial charge is 0.338 e. The summed E-state index contributed by atoms with van der Waals surface area (Å²) in [6.45, 7) is 3.04. The number of hydrogen-bond donors (Lipinski definition) is 1. The van der Waals surface area contributed by atoms with Crippen molar-refractivity contribution in [3.8, 4) is 0 Å². The molecule has 2 amide bonds. The Morgan fingerprint density at radius 1 is 1.19 bits per heavy atom. The first kappa shape index (κ1) is 17.6. The van der Waals surface area contributed by atoms with E-state index in [-0.39, 0.29) is 17.2 Å². The number of nitrogens with one attached hydrogen (secondary N) is 1. The van der Waals surface area contributed by atoms with Gasteiger partial charge in [-0.2, -0.15) is 0 Å². The number of hydrogen-bond acceptors (Lipinski definition) is 4. The lowest BCUT2D eigenvalue weighted by atomic mass is 9.98. The average Bonchev–Trinajstić information content (AvgIpc) is 2.66. The van der Waals surface area contributed by atoms with E-state index in [0.717, 1.165) is 17.5 Å². The number of nitrogens with zero attached hydrogens (tertiary/aromatic N) is 2. The van der Waals surface area contributed by atoms with E-state index >= 15 is 0 Å². The fraction of sp³-hybridized carbons (Fsp3) is 0.263. The topological polar surface area (TPSA) is 92.6 Å². The second-order valence-electron chi connectivity index (χ2n) is 6.13. The third-order valence-electron chi connectivity index (χ3n) is 4.48. The highest BCUT2D eigenvalue weighted by molar-refractivity contribution is 6.07. The van der Waals surface area contributed by atoms with Crippen molar-refractivity contribution >= 4 is 23.2 Å². The minimum atomic E-state index is -0.573. The van der Waals surface area contributed by atoms with Crippen molar-refractivity contribution in [3.05, 3.63) is 69.3 Å². The molecule has 0 spiro atoms. The Morgan fingerprint density at radius 3 is 2.69 bits per heavy atom. The minimum Gasteiger partial charge on any atom is -0.338 e. The summed E-state index contributed by atoms with van der Waals surface area (Å²) in [5.41, 5.74) is 2.46. The summed E-state index contributed by atoms with van der Waals surface area (Å²) in [6.07, 6.45) is 1.24. The SMILES string of the molecule is CCC(=O)N1CCc2ccc(NC(=O)c3ccccc3[N+](=O)[O-])cc2C1. The Balaban J connectivity index is 1.81. The first-order valence-electron chi connectivity index (χ1n) is 8.44. The lowest BCUT2D eigenvalue weighted by Crippen LogP contribution is -2.35. The normalized spacial score (nSPS) is 13.0. The van der Waals surface area contributed by atoms with Crippen LogP contribution in [0.15, 0.2) is 42.5 Å². The molecule has 2 aromatic rings. The zero-order valence-electron chi connectivity index (χ0n) is 14.4. The molecule has 0 unspecified atom stereocenters. The third kappa shape index (κ3) is 3.56. The lowest BCUT2D eigenvalue weighted by molar-refractivity contribution is -0.385. The first-order valence-corrected chi connectivity index (χ1v) is 8.44. The molecule has 1 N–H and O–H groups in total. The maximum Gasteiger partial charge on any atom is 0.282 e. The molecule has 0 saturated carbocycles. The number of para-hydroxylation sites is 1. The van der Waals surface area contributed by atoms with Gasteiger partial charge in [0.2, 0.25) is 5.91 Å². The highest BCUT2D eigenvalue weighted by Gasteiger charge is 2.22. The van der Waals surface area contributed by atoms with Crippen molar-refractivity contribution in [2.24, 2.45) is 0 Å². The van der Waals surface area contributed by atoms with Gasteiger partial charge in [0.1, 0.15) is 5.56 Å². The maximum atomic E-state index is 12.4. The minimum absolute atomic E-state index is 0.0120. The summed E-state index contributed by atoms with van der Waals surface area (Å²) in [5.74, 6) is -0.431. The molecule has 0 bridgehead atoms. The second-order valence-corrected chi connectivity index (χ2v) is 6.13. The fourth-order valence-corrected chi connectivity index (χ4v) is 3.09. The summed E-state index contributed by atoms with van der Waals surface area (Å²) in [4.78, 5) is 36.7. The first-order chi connectivity index (χ1) is 12.5. The third-order valence-corrected chi connectivity index (χ3v) is 4.48. The number of fused-ring (bicyclic) bond motifs is 1. The number of anilines is 1. The molecule has 3 rings (SSSR count). The van der Waals surface area contributed by atoms with Gasteiger partial charge >= 0.3 is 0 Å². The molecular formula is C19H19N3O4. The smallest absolute Gasteiger partial charge is 0.282 e. The monoisotopic (exact) mass is 353 g/mol. The van der Waals surface area contributed by atoms with E-state index in [0.29, 0.717) is 25.2 Å². The van der Waals surface area contributed by atoms with Crippen LogP contribution in [0.25, 0.3) is 0 Å². The van der Waals surface area contributed by atoms with Crippen LogP contribution in [0.5, 0.6) is 0 Å². The van der Waals surface area contributed by atoms with Crippen LogP contribution in [0.4, 0.5) is 11.4 Å². The summed E-state index contributed by atoms with van der Waals surface area (Å²) >= 11 is 0. The van der Waals surface area contributed by atoms with E-state index in [4.69, 9.17) is 0 Å². The Kier molecular flexibility index (Phi) is 4.97. The van der Waals surface area contributed by atoms with Gasteiger partial charge < -0.3 is 10.2 Å². The summed E-state index contributed by atoms with van der Waals surface area (Å²) < 4.78 is 0. The van der Waals surface area contributed by atoms with Gasteiger partial charge in [-0.15, -0.1) is 0 Å². The molecule has 26 heavy (non-hydrogen) atoms. The van der Waals surface area contributed by atoms with E-state index in [1.165, 1.54) is 18.2 Å². The molecule has 0 aromatic heterocycles. The van der Waals surface area contributed by atoms with Crippen LogP contribution in [-0.4, -0.2) is 28.2 Å². The van der Waals surface area contributed by atoms with Gasteiger partial charge in [0.25, 0.3) is 11.6 Å². The van der Waals surface area contributed by atoms with Crippen molar-refractivity contribution in [3.63, 3.8) is 0 Å². The molecule has 0 fully saturated rings. The van der Waals surface area contributed by atoms with Crippen molar-refractivity contribution in [2.45, 2.75) is 26.3 Å². The molecular weight excluding hydrogens is 334 g/mol. The Hall–Kier alpha value is -3.22. The summed E-state index contributed by atoms with van der Waals surface area (Å²) in [7, 11) is 0. The van der Waals surface area contributed by atoms with Crippen LogP contribution in [-0.2, 0) is 17.8 Å². The van der Waals surface area contributed by atoms with Crippen molar-refractivity contribution in [1.82, 2.24) is 4.90 Å². The van der Waals surface area contributed by atoms with E-state index < -0.39 is 10.8 Å². The molecule has 7 heteroatoms. The molecule has 1 aliphatic rings. The van der Waals surface area contributed by atoms with Gasteiger partial charge in [-0.05, 0) is 35.7 Å². The van der Waals surface area contributed by atoms with Gasteiger partial charge in [-0.3, -0.25) is 19.7 Å². The van der Waals surface area contributed by atoms with Crippen molar-refractivity contribution < 1.29 is 14.5 Å². The van der Waals surface area contributed by atoms with E-state index in [2.05, 4.69) is 5.32 Å². The molecule has 1 aliphatic heterocycles. The average molecular weight is 353 g/mol. The molecule has 0 atom stereocenters. The number of rotatable bonds is 4. The quantitative estimate of drug-likeness (QED) is 0.675. The number of carbonyl (C=O) groups is 2. The number of nitro benzene ring substituents is 1. The van der Waals surface area contributed by atoms with Gasteiger partial charge in [-0.1, -0.05) is 25.1 Å². The van der Waals surface area contributed by atoms with Crippen LogP contribution in [0, 0.1) is 10.1 Å². The number of carbonyl (C=O) groups excluding carboxylic acids is 2. The van der Waals surface area contributed by atoms with Crippen LogP contribution >= 0.6 is 0 Å². The summed E-state index contributed by atoms with van der Waals surface area (Å²) in [6, 6.07) is 11.4. The van der Waals surface area contributed by atoms with Gasteiger partial charge in [-0.25, -0.2) is 0 Å². The summed E-state index contributed by atoms with van der Waals surface area (Å²) in [5, 5.41) is 13.8. The van der Waals surface area contributed by atoms with Crippen LogP contribution in [0.3, 0.4) is 0 Å². The predicted molar refractivity (Wildman–Crippen MR) is 96.9 cm³/mol.